The van der Waals surface area contributed by atoms with Crippen molar-refractivity contribution in [1.29, 1.82) is 0 Å². The second kappa shape index (κ2) is 6.51. The molecule has 1 saturated heterocycles. The van der Waals surface area contributed by atoms with Crippen LogP contribution in [0.25, 0.3) is 0 Å². The van der Waals surface area contributed by atoms with Gasteiger partial charge in [0.15, 0.2) is 0 Å². The van der Waals surface area contributed by atoms with Crippen molar-refractivity contribution in [3.63, 3.8) is 0 Å². The van der Waals surface area contributed by atoms with Crippen LogP contribution in [0.1, 0.15) is 6.92 Å². The molecule has 0 aliphatic carbocycles. The fourth-order valence-electron chi connectivity index (χ4n) is 2.29. The quantitative estimate of drug-likeness (QED) is 0.851. The number of alkyl halides is 3. The number of rotatable bonds is 2. The van der Waals surface area contributed by atoms with E-state index < -0.39 is 24.1 Å². The molecule has 0 unspecified atom stereocenters. The molecule has 0 aromatic heterocycles. The van der Waals surface area contributed by atoms with E-state index in [1.54, 1.807) is 6.07 Å². The number of hydrogen-bond donors (Lipinski definition) is 1. The lowest BCUT2D eigenvalue weighted by Crippen LogP contribution is -2.55. The Bertz CT molecular complexity index is 527. The second-order valence-electron chi connectivity index (χ2n) is 5.18. The Morgan fingerprint density at radius 3 is 2.41 bits per heavy atom. The molecule has 0 saturated carbocycles. The standard InChI is InChI=1S/C14H17F4N3O/c1-10(14(16,17)18)20-5-7-21(8-6-20)13(22)19-12-4-2-3-11(15)9-12/h2-4,9-10H,5-8H2,1H3,(H,19,22)/t10-/m1/s1. The minimum Gasteiger partial charge on any atom is -0.322 e. The molecule has 0 spiro atoms. The summed E-state index contributed by atoms with van der Waals surface area (Å²) in [6, 6.07) is 3.48. The van der Waals surface area contributed by atoms with Gasteiger partial charge in [0.05, 0.1) is 0 Å². The number of hydrogen-bond acceptors (Lipinski definition) is 2. The lowest BCUT2D eigenvalue weighted by molar-refractivity contribution is -0.181. The number of halogens is 4. The molecule has 1 aromatic rings. The highest BCUT2D eigenvalue weighted by Gasteiger charge is 2.41. The molecular weight excluding hydrogens is 302 g/mol. The molecule has 1 aromatic carbocycles. The summed E-state index contributed by atoms with van der Waals surface area (Å²) in [4.78, 5) is 14.7. The van der Waals surface area contributed by atoms with Gasteiger partial charge in [-0.15, -0.1) is 0 Å². The minimum atomic E-state index is -4.27. The summed E-state index contributed by atoms with van der Waals surface area (Å²) in [5, 5.41) is 2.53. The largest absolute Gasteiger partial charge is 0.403 e. The van der Waals surface area contributed by atoms with Crippen LogP contribution in [0.5, 0.6) is 0 Å². The summed E-state index contributed by atoms with van der Waals surface area (Å²) in [6.07, 6.45) is -4.27. The summed E-state index contributed by atoms with van der Waals surface area (Å²) < 4.78 is 51.0. The van der Waals surface area contributed by atoms with Crippen LogP contribution in [-0.2, 0) is 0 Å². The molecule has 4 nitrogen and oxygen atoms in total. The highest BCUT2D eigenvalue weighted by atomic mass is 19.4. The lowest BCUT2D eigenvalue weighted by Gasteiger charge is -2.38. The summed E-state index contributed by atoms with van der Waals surface area (Å²) in [5.74, 6) is -0.471. The zero-order valence-electron chi connectivity index (χ0n) is 12.0. The van der Waals surface area contributed by atoms with Gasteiger partial charge in [0.1, 0.15) is 11.9 Å². The number of carbonyl (C=O) groups is 1. The van der Waals surface area contributed by atoms with Crippen LogP contribution in [0.4, 0.5) is 28.0 Å². The number of piperazine rings is 1. The molecule has 0 radical (unpaired) electrons. The van der Waals surface area contributed by atoms with Crippen molar-refractivity contribution in [2.75, 3.05) is 31.5 Å². The number of amides is 2. The SMILES string of the molecule is C[C@@H](N1CCN(C(=O)Nc2cccc(F)c2)CC1)C(F)(F)F. The molecule has 2 amide bonds. The molecule has 122 valence electrons. The van der Waals surface area contributed by atoms with Gasteiger partial charge in [-0.05, 0) is 25.1 Å². The van der Waals surface area contributed by atoms with E-state index in [2.05, 4.69) is 5.32 Å². The van der Waals surface area contributed by atoms with Crippen molar-refractivity contribution < 1.29 is 22.4 Å². The summed E-state index contributed by atoms with van der Waals surface area (Å²) in [7, 11) is 0. The van der Waals surface area contributed by atoms with Gasteiger partial charge < -0.3 is 10.2 Å². The molecule has 22 heavy (non-hydrogen) atoms. The van der Waals surface area contributed by atoms with E-state index in [1.165, 1.54) is 28.0 Å². The van der Waals surface area contributed by atoms with Crippen LogP contribution in [-0.4, -0.2) is 54.2 Å². The van der Waals surface area contributed by atoms with Gasteiger partial charge in [-0.2, -0.15) is 13.2 Å². The van der Waals surface area contributed by atoms with E-state index in [9.17, 15) is 22.4 Å². The first-order valence-corrected chi connectivity index (χ1v) is 6.89. The van der Waals surface area contributed by atoms with Gasteiger partial charge in [-0.1, -0.05) is 6.07 Å². The van der Waals surface area contributed by atoms with Gasteiger partial charge >= 0.3 is 12.2 Å². The molecule has 1 aliphatic heterocycles. The van der Waals surface area contributed by atoms with Crippen molar-refractivity contribution in [1.82, 2.24) is 9.80 Å². The zero-order chi connectivity index (χ0) is 16.3. The fourth-order valence-corrected chi connectivity index (χ4v) is 2.29. The predicted molar refractivity (Wildman–Crippen MR) is 74.1 cm³/mol. The first-order chi connectivity index (χ1) is 10.3. The Morgan fingerprint density at radius 1 is 1.23 bits per heavy atom. The molecule has 1 aliphatic rings. The van der Waals surface area contributed by atoms with E-state index in [0.717, 1.165) is 6.92 Å². The average molecular weight is 319 g/mol. The van der Waals surface area contributed by atoms with E-state index in [-0.39, 0.29) is 26.2 Å². The lowest BCUT2D eigenvalue weighted by atomic mass is 10.2. The number of benzene rings is 1. The van der Waals surface area contributed by atoms with Crippen molar-refractivity contribution in [3.05, 3.63) is 30.1 Å². The summed E-state index contributed by atoms with van der Waals surface area (Å²) in [6.45, 7) is 1.81. The van der Waals surface area contributed by atoms with Crippen LogP contribution in [0.3, 0.4) is 0 Å². The number of nitrogens with zero attached hydrogens (tertiary/aromatic N) is 2. The molecular formula is C14H17F4N3O. The van der Waals surface area contributed by atoms with Crippen molar-refractivity contribution >= 4 is 11.7 Å². The maximum Gasteiger partial charge on any atom is 0.403 e. The Morgan fingerprint density at radius 2 is 1.86 bits per heavy atom. The van der Waals surface area contributed by atoms with Gasteiger partial charge in [-0.25, -0.2) is 9.18 Å². The number of nitrogens with one attached hydrogen (secondary N) is 1. The minimum absolute atomic E-state index is 0.150. The third-order valence-corrected chi connectivity index (χ3v) is 3.70. The molecule has 0 bridgehead atoms. The van der Waals surface area contributed by atoms with Crippen LogP contribution >= 0.6 is 0 Å². The number of carbonyl (C=O) groups excluding carboxylic acids is 1. The van der Waals surface area contributed by atoms with Crippen LogP contribution < -0.4 is 5.32 Å². The second-order valence-corrected chi connectivity index (χ2v) is 5.18. The molecule has 8 heteroatoms. The van der Waals surface area contributed by atoms with E-state index in [1.807, 2.05) is 0 Å². The molecule has 1 N–H and O–H groups in total. The normalized spacial score (nSPS) is 18.1. The topological polar surface area (TPSA) is 35.6 Å². The van der Waals surface area contributed by atoms with Gasteiger partial charge in [-0.3, -0.25) is 4.90 Å². The predicted octanol–water partition coefficient (Wildman–Crippen LogP) is 2.93. The maximum atomic E-state index is 13.0. The van der Waals surface area contributed by atoms with Gasteiger partial charge in [0, 0.05) is 31.9 Å². The van der Waals surface area contributed by atoms with Crippen LogP contribution in [0.2, 0.25) is 0 Å². The zero-order valence-corrected chi connectivity index (χ0v) is 12.0. The summed E-state index contributed by atoms with van der Waals surface area (Å²) >= 11 is 0. The maximum absolute atomic E-state index is 13.0. The number of urea groups is 1. The van der Waals surface area contributed by atoms with Crippen LogP contribution in [0.15, 0.2) is 24.3 Å². The molecule has 1 atom stereocenters. The molecule has 1 heterocycles. The Hall–Kier alpha value is -1.83. The van der Waals surface area contributed by atoms with E-state index in [4.69, 9.17) is 0 Å². The third kappa shape index (κ3) is 4.09. The van der Waals surface area contributed by atoms with Crippen LogP contribution in [0, 0.1) is 5.82 Å². The third-order valence-electron chi connectivity index (χ3n) is 3.70. The fraction of sp³-hybridized carbons (Fsp3) is 0.500. The highest BCUT2D eigenvalue weighted by molar-refractivity contribution is 5.89. The monoisotopic (exact) mass is 319 g/mol. The first-order valence-electron chi connectivity index (χ1n) is 6.89. The Kier molecular flexibility index (Phi) is 4.90. The molecule has 2 rings (SSSR count). The van der Waals surface area contributed by atoms with Crippen molar-refractivity contribution in [3.8, 4) is 0 Å². The van der Waals surface area contributed by atoms with Crippen molar-refractivity contribution in [2.24, 2.45) is 0 Å². The van der Waals surface area contributed by atoms with Gasteiger partial charge in [0.25, 0.3) is 0 Å². The Balaban J connectivity index is 1.87. The summed E-state index contributed by atoms with van der Waals surface area (Å²) in [5.41, 5.74) is 0.316. The average Bonchev–Trinajstić information content (AvgIpc) is 2.45. The van der Waals surface area contributed by atoms with Gasteiger partial charge in [0.2, 0.25) is 0 Å². The van der Waals surface area contributed by atoms with Crippen molar-refractivity contribution in [2.45, 2.75) is 19.1 Å². The molecule has 1 fully saturated rings. The smallest absolute Gasteiger partial charge is 0.322 e. The van der Waals surface area contributed by atoms with E-state index >= 15 is 0 Å². The first kappa shape index (κ1) is 16.5. The number of anilines is 1. The van der Waals surface area contributed by atoms with E-state index in [0.29, 0.717) is 5.69 Å². The Labute approximate surface area is 125 Å². The highest BCUT2D eigenvalue weighted by Crippen LogP contribution is 2.25.